The lowest BCUT2D eigenvalue weighted by atomic mass is 10.2. The third kappa shape index (κ3) is 5.47. The highest BCUT2D eigenvalue weighted by molar-refractivity contribution is 9.10. The first-order chi connectivity index (χ1) is 10.2. The van der Waals surface area contributed by atoms with Crippen molar-refractivity contribution in [1.82, 2.24) is 19.9 Å². The van der Waals surface area contributed by atoms with Crippen molar-refractivity contribution in [3.05, 3.63) is 29.4 Å². The fraction of sp³-hybridized carbons (Fsp3) is 0.385. The van der Waals surface area contributed by atoms with Crippen molar-refractivity contribution in [2.75, 3.05) is 30.0 Å². The van der Waals surface area contributed by atoms with Crippen LogP contribution in [0.4, 0.5) is 11.8 Å². The summed E-state index contributed by atoms with van der Waals surface area (Å²) in [4.78, 5) is 17.9. The molecule has 0 saturated heterocycles. The normalized spacial score (nSPS) is 12.0. The number of hydrogen-bond acceptors (Lipinski definition) is 7. The highest BCUT2D eigenvalue weighted by Crippen LogP contribution is 2.12. The molecule has 0 amide bonds. The van der Waals surface area contributed by atoms with Crippen molar-refractivity contribution < 1.29 is 0 Å². The summed E-state index contributed by atoms with van der Waals surface area (Å²) in [5.41, 5.74) is 0. The van der Waals surface area contributed by atoms with Crippen LogP contribution in [0.1, 0.15) is 6.92 Å². The van der Waals surface area contributed by atoms with Crippen LogP contribution in [0.5, 0.6) is 0 Å². The minimum Gasteiger partial charge on any atom is -0.368 e. The van der Waals surface area contributed by atoms with Gasteiger partial charge in [0.25, 0.3) is 0 Å². The van der Waals surface area contributed by atoms with E-state index in [0.29, 0.717) is 11.9 Å². The fourth-order valence-electron chi connectivity index (χ4n) is 1.53. The summed E-state index contributed by atoms with van der Waals surface area (Å²) >= 11 is 4.89. The summed E-state index contributed by atoms with van der Waals surface area (Å²) in [6.45, 7) is 3.73. The number of nitrogens with zero attached hydrogens (tertiary/aromatic N) is 4. The molecule has 1 unspecified atom stereocenters. The maximum Gasteiger partial charge on any atom is 0.222 e. The molecule has 0 bridgehead atoms. The molecule has 0 spiro atoms. The van der Waals surface area contributed by atoms with Crippen LogP contribution in [-0.4, -0.2) is 39.3 Å². The number of aromatic nitrogens is 4. The van der Waals surface area contributed by atoms with Crippen LogP contribution in [0.25, 0.3) is 0 Å². The van der Waals surface area contributed by atoms with E-state index in [1.807, 2.05) is 18.6 Å². The second kappa shape index (κ2) is 8.14. The molecule has 0 aliphatic rings. The van der Waals surface area contributed by atoms with Crippen LogP contribution in [0, 0.1) is 5.92 Å². The van der Waals surface area contributed by atoms with Gasteiger partial charge in [0.2, 0.25) is 5.95 Å². The Labute approximate surface area is 136 Å². The molecule has 2 aromatic heterocycles. The minimum absolute atomic E-state index is 0.402. The lowest BCUT2D eigenvalue weighted by Gasteiger charge is -2.13. The van der Waals surface area contributed by atoms with Gasteiger partial charge in [0.1, 0.15) is 10.4 Å². The number of thioether (sulfide) groups is 1. The van der Waals surface area contributed by atoms with E-state index < -0.39 is 0 Å². The molecule has 0 radical (unpaired) electrons. The standard InChI is InChI=1S/C13H17BrN6S/c1-9(3-16-12-8-15-11(14)7-17-12)4-18-13-19-5-10(21-2)6-20-13/h5-9H,3-4H2,1-2H3,(H,16,17)(H,18,19,20). The summed E-state index contributed by atoms with van der Waals surface area (Å²) in [5.74, 6) is 1.83. The van der Waals surface area contributed by atoms with Gasteiger partial charge in [-0.3, -0.25) is 0 Å². The molecule has 6 nitrogen and oxygen atoms in total. The molecule has 112 valence electrons. The number of hydrogen-bond donors (Lipinski definition) is 2. The van der Waals surface area contributed by atoms with Crippen molar-refractivity contribution in [2.45, 2.75) is 11.8 Å². The second-order valence-corrected chi connectivity index (χ2v) is 6.23. The Morgan fingerprint density at radius 1 is 1.05 bits per heavy atom. The lowest BCUT2D eigenvalue weighted by molar-refractivity contribution is 0.644. The molecule has 2 rings (SSSR count). The molecule has 2 N–H and O–H groups in total. The molecule has 0 fully saturated rings. The van der Waals surface area contributed by atoms with E-state index in [-0.39, 0.29) is 0 Å². The van der Waals surface area contributed by atoms with Gasteiger partial charge in [-0.05, 0) is 28.1 Å². The van der Waals surface area contributed by atoms with E-state index >= 15 is 0 Å². The molecule has 0 aliphatic heterocycles. The molecule has 2 heterocycles. The number of halogens is 1. The Kier molecular flexibility index (Phi) is 6.19. The van der Waals surface area contributed by atoms with Crippen molar-refractivity contribution in [3.8, 4) is 0 Å². The van der Waals surface area contributed by atoms with Crippen molar-refractivity contribution in [2.24, 2.45) is 5.92 Å². The SMILES string of the molecule is CSc1cnc(NCC(C)CNc2cnc(Br)cn2)nc1. The summed E-state index contributed by atoms with van der Waals surface area (Å²) in [5, 5.41) is 6.47. The molecule has 0 aliphatic carbocycles. The van der Waals surface area contributed by atoms with Gasteiger partial charge in [-0.2, -0.15) is 0 Å². The average Bonchev–Trinajstić information content (AvgIpc) is 2.53. The summed E-state index contributed by atoms with van der Waals surface area (Å²) < 4.78 is 0.730. The summed E-state index contributed by atoms with van der Waals surface area (Å²) in [6.07, 6.45) is 9.02. The zero-order valence-corrected chi connectivity index (χ0v) is 14.3. The second-order valence-electron chi connectivity index (χ2n) is 4.54. The van der Waals surface area contributed by atoms with Crippen molar-refractivity contribution in [3.63, 3.8) is 0 Å². The highest BCUT2D eigenvalue weighted by atomic mass is 79.9. The Bertz CT molecular complexity index is 548. The monoisotopic (exact) mass is 368 g/mol. The van der Waals surface area contributed by atoms with Gasteiger partial charge in [-0.25, -0.2) is 19.9 Å². The minimum atomic E-state index is 0.402. The van der Waals surface area contributed by atoms with E-state index in [9.17, 15) is 0 Å². The molecule has 21 heavy (non-hydrogen) atoms. The number of rotatable bonds is 7. The Morgan fingerprint density at radius 3 is 2.38 bits per heavy atom. The van der Waals surface area contributed by atoms with Gasteiger partial charge in [0.05, 0.1) is 12.4 Å². The van der Waals surface area contributed by atoms with Gasteiger partial charge in [-0.15, -0.1) is 11.8 Å². The number of nitrogens with one attached hydrogen (secondary N) is 2. The summed E-state index contributed by atoms with van der Waals surface area (Å²) in [6, 6.07) is 0. The van der Waals surface area contributed by atoms with Gasteiger partial charge in [0.15, 0.2) is 0 Å². The molecular weight excluding hydrogens is 352 g/mol. The van der Waals surface area contributed by atoms with E-state index in [1.54, 1.807) is 24.2 Å². The van der Waals surface area contributed by atoms with Crippen LogP contribution in [0.3, 0.4) is 0 Å². The van der Waals surface area contributed by atoms with Crippen molar-refractivity contribution in [1.29, 1.82) is 0 Å². The smallest absolute Gasteiger partial charge is 0.222 e. The predicted octanol–water partition coefficient (Wildman–Crippen LogP) is 2.91. The zero-order chi connectivity index (χ0) is 15.1. The summed E-state index contributed by atoms with van der Waals surface area (Å²) in [7, 11) is 0. The Hall–Kier alpha value is -1.41. The van der Waals surface area contributed by atoms with Crippen LogP contribution in [0.2, 0.25) is 0 Å². The molecule has 0 aromatic carbocycles. The molecule has 2 aromatic rings. The van der Waals surface area contributed by atoms with Crippen LogP contribution in [0.15, 0.2) is 34.3 Å². The van der Waals surface area contributed by atoms with Crippen LogP contribution < -0.4 is 10.6 Å². The fourth-order valence-corrected chi connectivity index (χ4v) is 2.05. The van der Waals surface area contributed by atoms with Crippen LogP contribution in [-0.2, 0) is 0 Å². The maximum absolute atomic E-state index is 4.26. The third-order valence-electron chi connectivity index (χ3n) is 2.72. The van der Waals surface area contributed by atoms with Gasteiger partial charge >= 0.3 is 0 Å². The predicted molar refractivity (Wildman–Crippen MR) is 89.7 cm³/mol. The Balaban J connectivity index is 1.73. The first kappa shape index (κ1) is 16.0. The zero-order valence-electron chi connectivity index (χ0n) is 11.9. The quantitative estimate of drug-likeness (QED) is 0.727. The van der Waals surface area contributed by atoms with Crippen molar-refractivity contribution >= 4 is 39.5 Å². The van der Waals surface area contributed by atoms with E-state index in [2.05, 4.69) is 53.4 Å². The molecular formula is C13H17BrN6S. The molecule has 1 atom stereocenters. The van der Waals surface area contributed by atoms with Crippen LogP contribution >= 0.6 is 27.7 Å². The largest absolute Gasteiger partial charge is 0.368 e. The first-order valence-electron chi connectivity index (χ1n) is 6.48. The Morgan fingerprint density at radius 2 is 1.76 bits per heavy atom. The topological polar surface area (TPSA) is 75.6 Å². The van der Waals surface area contributed by atoms with E-state index in [4.69, 9.17) is 0 Å². The number of anilines is 2. The van der Waals surface area contributed by atoms with Gasteiger partial charge < -0.3 is 10.6 Å². The first-order valence-corrected chi connectivity index (χ1v) is 8.50. The van der Waals surface area contributed by atoms with Gasteiger partial charge in [-0.1, -0.05) is 6.92 Å². The lowest BCUT2D eigenvalue weighted by Crippen LogP contribution is -2.21. The molecule has 8 heteroatoms. The third-order valence-corrected chi connectivity index (χ3v) is 3.82. The van der Waals surface area contributed by atoms with Gasteiger partial charge in [0, 0.05) is 30.4 Å². The highest BCUT2D eigenvalue weighted by Gasteiger charge is 2.04. The van der Waals surface area contributed by atoms with E-state index in [1.165, 1.54) is 0 Å². The maximum atomic E-state index is 4.26. The molecule has 0 saturated carbocycles. The van der Waals surface area contributed by atoms with E-state index in [0.717, 1.165) is 28.4 Å². The average molecular weight is 369 g/mol.